The molecular formula is C31H19N3O2. The molecule has 2 amide bonds. The first-order valence-electron chi connectivity index (χ1n) is 11.7. The van der Waals surface area contributed by atoms with Crippen molar-refractivity contribution < 1.29 is 9.59 Å². The molecule has 0 bridgehead atoms. The van der Waals surface area contributed by atoms with Crippen LogP contribution in [0.4, 0.5) is 5.69 Å². The number of amides is 2. The van der Waals surface area contributed by atoms with Gasteiger partial charge in [0.25, 0.3) is 11.8 Å². The SMILES string of the molecule is O=C1c2cccc(-n3c4ccccc4c4cc(-c5ccccn5)ccc43)c2C(=O)N1c1ccccc1. The van der Waals surface area contributed by atoms with Crippen LogP contribution in [0.25, 0.3) is 38.8 Å². The molecule has 0 saturated heterocycles. The van der Waals surface area contributed by atoms with Crippen molar-refractivity contribution in [3.63, 3.8) is 0 Å². The first-order valence-corrected chi connectivity index (χ1v) is 11.7. The van der Waals surface area contributed by atoms with Crippen LogP contribution in [0.5, 0.6) is 0 Å². The molecule has 0 fully saturated rings. The molecule has 0 unspecified atom stereocenters. The monoisotopic (exact) mass is 465 g/mol. The summed E-state index contributed by atoms with van der Waals surface area (Å²) < 4.78 is 2.09. The topological polar surface area (TPSA) is 55.2 Å². The third-order valence-corrected chi connectivity index (χ3v) is 6.78. The molecule has 0 spiro atoms. The van der Waals surface area contributed by atoms with Crippen LogP contribution < -0.4 is 4.90 Å². The summed E-state index contributed by atoms with van der Waals surface area (Å²) in [6.07, 6.45) is 1.79. The zero-order chi connectivity index (χ0) is 24.2. The number of benzene rings is 4. The molecule has 4 aromatic carbocycles. The number of anilines is 1. The molecule has 1 aliphatic heterocycles. The van der Waals surface area contributed by atoms with Gasteiger partial charge in [0.05, 0.1) is 39.2 Å². The van der Waals surface area contributed by atoms with Crippen molar-refractivity contribution >= 4 is 39.3 Å². The summed E-state index contributed by atoms with van der Waals surface area (Å²) in [4.78, 5) is 32.8. The maximum Gasteiger partial charge on any atom is 0.268 e. The number of para-hydroxylation sites is 2. The van der Waals surface area contributed by atoms with Gasteiger partial charge in [-0.2, -0.15) is 0 Å². The fraction of sp³-hybridized carbons (Fsp3) is 0. The Bertz CT molecular complexity index is 1820. The van der Waals surface area contributed by atoms with Crippen LogP contribution in [0.1, 0.15) is 20.7 Å². The van der Waals surface area contributed by atoms with Crippen LogP contribution in [0.2, 0.25) is 0 Å². The Labute approximate surface area is 206 Å². The summed E-state index contributed by atoms with van der Waals surface area (Å²) in [5.74, 6) is -0.617. The molecule has 0 saturated carbocycles. The number of carbonyl (C=O) groups excluding carboxylic acids is 2. The molecule has 0 radical (unpaired) electrons. The van der Waals surface area contributed by atoms with Gasteiger partial charge in [0.2, 0.25) is 0 Å². The Morgan fingerprint density at radius 3 is 2.22 bits per heavy atom. The molecule has 5 heteroatoms. The summed E-state index contributed by atoms with van der Waals surface area (Å²) in [5.41, 5.74) is 5.94. The van der Waals surface area contributed by atoms with Crippen molar-refractivity contribution in [3.8, 4) is 16.9 Å². The maximum absolute atomic E-state index is 13.7. The molecule has 2 aromatic heterocycles. The second-order valence-corrected chi connectivity index (χ2v) is 8.78. The lowest BCUT2D eigenvalue weighted by atomic mass is 10.1. The fourth-order valence-electron chi connectivity index (χ4n) is 5.19. The van der Waals surface area contributed by atoms with Crippen molar-refractivity contribution in [1.82, 2.24) is 9.55 Å². The Morgan fingerprint density at radius 2 is 1.39 bits per heavy atom. The fourth-order valence-corrected chi connectivity index (χ4v) is 5.19. The lowest BCUT2D eigenvalue weighted by molar-refractivity contribution is 0.0926. The quantitative estimate of drug-likeness (QED) is 0.275. The average molecular weight is 466 g/mol. The van der Waals surface area contributed by atoms with Crippen molar-refractivity contribution in [2.24, 2.45) is 0 Å². The summed E-state index contributed by atoms with van der Waals surface area (Å²) in [6, 6.07) is 34.8. The molecule has 3 heterocycles. The van der Waals surface area contributed by atoms with E-state index in [1.807, 2.05) is 72.8 Å². The number of hydrogen-bond acceptors (Lipinski definition) is 3. The minimum Gasteiger partial charge on any atom is -0.308 e. The van der Waals surface area contributed by atoms with Crippen molar-refractivity contribution in [1.29, 1.82) is 0 Å². The highest BCUT2D eigenvalue weighted by Crippen LogP contribution is 2.38. The zero-order valence-corrected chi connectivity index (χ0v) is 19.1. The van der Waals surface area contributed by atoms with Gasteiger partial charge < -0.3 is 4.57 Å². The molecule has 0 atom stereocenters. The van der Waals surface area contributed by atoms with Gasteiger partial charge in [-0.1, -0.05) is 54.6 Å². The smallest absolute Gasteiger partial charge is 0.268 e. The van der Waals surface area contributed by atoms with E-state index in [-0.39, 0.29) is 11.8 Å². The summed E-state index contributed by atoms with van der Waals surface area (Å²) >= 11 is 0. The van der Waals surface area contributed by atoms with E-state index >= 15 is 0 Å². The lowest BCUT2D eigenvalue weighted by Crippen LogP contribution is -2.29. The van der Waals surface area contributed by atoms with E-state index < -0.39 is 0 Å². The number of hydrogen-bond donors (Lipinski definition) is 0. The third-order valence-electron chi connectivity index (χ3n) is 6.78. The number of aromatic nitrogens is 2. The Morgan fingerprint density at radius 1 is 0.611 bits per heavy atom. The minimum atomic E-state index is -0.312. The Kier molecular flexibility index (Phi) is 4.38. The van der Waals surface area contributed by atoms with Crippen LogP contribution in [0.15, 0.2) is 115 Å². The largest absolute Gasteiger partial charge is 0.308 e. The predicted molar refractivity (Wildman–Crippen MR) is 142 cm³/mol. The summed E-state index contributed by atoms with van der Waals surface area (Å²) in [7, 11) is 0. The van der Waals surface area contributed by atoms with Crippen LogP contribution in [-0.2, 0) is 0 Å². The zero-order valence-electron chi connectivity index (χ0n) is 19.1. The van der Waals surface area contributed by atoms with Gasteiger partial charge in [-0.05, 0) is 54.6 Å². The van der Waals surface area contributed by atoms with Crippen LogP contribution >= 0.6 is 0 Å². The van der Waals surface area contributed by atoms with E-state index in [0.717, 1.165) is 33.1 Å². The molecule has 0 aliphatic carbocycles. The highest BCUT2D eigenvalue weighted by atomic mass is 16.2. The highest BCUT2D eigenvalue weighted by molar-refractivity contribution is 6.35. The van der Waals surface area contributed by atoms with Gasteiger partial charge in [-0.25, -0.2) is 4.90 Å². The standard InChI is InChI=1S/C31H19N3O2/c35-30-23-12-8-15-28(29(23)31(36)33(30)21-9-2-1-3-10-21)34-26-14-5-4-11-22(26)24-19-20(16-17-27(24)34)25-13-6-7-18-32-25/h1-19H. The normalized spacial score (nSPS) is 13.1. The first-order chi connectivity index (χ1) is 17.7. The number of pyridine rings is 1. The van der Waals surface area contributed by atoms with Crippen LogP contribution in [-0.4, -0.2) is 21.4 Å². The highest BCUT2D eigenvalue weighted by Gasteiger charge is 2.39. The van der Waals surface area contributed by atoms with Crippen molar-refractivity contribution in [2.75, 3.05) is 4.90 Å². The number of fused-ring (bicyclic) bond motifs is 4. The molecule has 7 rings (SSSR count). The molecule has 0 N–H and O–H groups in total. The van der Waals surface area contributed by atoms with Gasteiger partial charge >= 0.3 is 0 Å². The lowest BCUT2D eigenvalue weighted by Gasteiger charge is -2.14. The van der Waals surface area contributed by atoms with Gasteiger partial charge in [0, 0.05) is 22.5 Å². The van der Waals surface area contributed by atoms with Crippen LogP contribution in [0, 0.1) is 0 Å². The molecule has 170 valence electrons. The van der Waals surface area contributed by atoms with E-state index in [2.05, 4.69) is 27.8 Å². The first kappa shape index (κ1) is 20.4. The molecule has 36 heavy (non-hydrogen) atoms. The Hall–Kier alpha value is -5.03. The summed E-state index contributed by atoms with van der Waals surface area (Å²) in [5, 5.41) is 2.13. The van der Waals surface area contributed by atoms with E-state index in [9.17, 15) is 9.59 Å². The average Bonchev–Trinajstić information content (AvgIpc) is 3.40. The number of nitrogens with zero attached hydrogens (tertiary/aromatic N) is 3. The third kappa shape index (κ3) is 2.86. The molecule has 5 nitrogen and oxygen atoms in total. The van der Waals surface area contributed by atoms with E-state index in [4.69, 9.17) is 0 Å². The number of carbonyl (C=O) groups is 2. The van der Waals surface area contributed by atoms with E-state index in [0.29, 0.717) is 22.5 Å². The number of rotatable bonds is 3. The van der Waals surface area contributed by atoms with Gasteiger partial charge in [0.15, 0.2) is 0 Å². The van der Waals surface area contributed by atoms with E-state index in [1.165, 1.54) is 4.90 Å². The van der Waals surface area contributed by atoms with E-state index in [1.54, 1.807) is 24.4 Å². The van der Waals surface area contributed by atoms with Crippen molar-refractivity contribution in [3.05, 3.63) is 127 Å². The number of imide groups is 1. The second kappa shape index (κ2) is 7.75. The second-order valence-electron chi connectivity index (χ2n) is 8.78. The Balaban J connectivity index is 1.49. The molecule has 6 aromatic rings. The van der Waals surface area contributed by atoms with Gasteiger partial charge in [0.1, 0.15) is 0 Å². The molecular weight excluding hydrogens is 446 g/mol. The minimum absolute atomic E-state index is 0.304. The molecule has 1 aliphatic rings. The van der Waals surface area contributed by atoms with Crippen LogP contribution in [0.3, 0.4) is 0 Å². The van der Waals surface area contributed by atoms with Gasteiger partial charge in [-0.15, -0.1) is 0 Å². The summed E-state index contributed by atoms with van der Waals surface area (Å²) in [6.45, 7) is 0. The van der Waals surface area contributed by atoms with Crippen molar-refractivity contribution in [2.45, 2.75) is 0 Å². The van der Waals surface area contributed by atoms with Gasteiger partial charge in [-0.3, -0.25) is 14.6 Å². The maximum atomic E-state index is 13.7. The predicted octanol–water partition coefficient (Wildman–Crippen LogP) is 6.65.